The molecule has 0 fully saturated rings. The number of nitrogen functional groups attached to an aromatic ring is 1. The van der Waals surface area contributed by atoms with Crippen LogP contribution < -0.4 is 11.1 Å². The number of carbonyl (C=O) groups is 1. The van der Waals surface area contributed by atoms with Crippen molar-refractivity contribution < 1.29 is 9.72 Å². The van der Waals surface area contributed by atoms with Gasteiger partial charge in [-0.25, -0.2) is 15.0 Å². The molecular formula is C11H10N6O3. The highest BCUT2D eigenvalue weighted by Gasteiger charge is 2.21. The van der Waals surface area contributed by atoms with Gasteiger partial charge in [-0.1, -0.05) is 0 Å². The SMILES string of the molecule is Nc1cc(C(=O)NCc2ccncn2)c([N+](=O)[O-])cn1. The first kappa shape index (κ1) is 13.3. The number of nitrogens with zero attached hydrogens (tertiary/aromatic N) is 4. The summed E-state index contributed by atoms with van der Waals surface area (Å²) in [6.07, 6.45) is 3.82. The summed E-state index contributed by atoms with van der Waals surface area (Å²) in [5.74, 6) is -0.591. The molecule has 9 nitrogen and oxygen atoms in total. The van der Waals surface area contributed by atoms with Crippen LogP contribution in [0.4, 0.5) is 11.5 Å². The predicted octanol–water partition coefficient (Wildman–Crippen LogP) is 0.292. The van der Waals surface area contributed by atoms with Crippen LogP contribution in [0, 0.1) is 10.1 Å². The number of anilines is 1. The van der Waals surface area contributed by atoms with Gasteiger partial charge in [0.05, 0.1) is 17.2 Å². The van der Waals surface area contributed by atoms with Gasteiger partial charge >= 0.3 is 0 Å². The van der Waals surface area contributed by atoms with E-state index in [1.54, 1.807) is 6.07 Å². The summed E-state index contributed by atoms with van der Waals surface area (Å²) < 4.78 is 0. The summed E-state index contributed by atoms with van der Waals surface area (Å²) in [6.45, 7) is 0.126. The average molecular weight is 274 g/mol. The summed E-state index contributed by atoms with van der Waals surface area (Å²) in [5.41, 5.74) is 5.47. The second kappa shape index (κ2) is 5.69. The number of hydrogen-bond acceptors (Lipinski definition) is 7. The Morgan fingerprint density at radius 1 is 1.45 bits per heavy atom. The lowest BCUT2D eigenvalue weighted by atomic mass is 10.2. The summed E-state index contributed by atoms with van der Waals surface area (Å²) in [6, 6.07) is 2.78. The monoisotopic (exact) mass is 274 g/mol. The van der Waals surface area contributed by atoms with Gasteiger partial charge < -0.3 is 11.1 Å². The van der Waals surface area contributed by atoms with Crippen molar-refractivity contribution in [2.24, 2.45) is 0 Å². The Balaban J connectivity index is 2.17. The van der Waals surface area contributed by atoms with Crippen LogP contribution in [0.5, 0.6) is 0 Å². The molecule has 1 amide bonds. The molecular weight excluding hydrogens is 264 g/mol. The van der Waals surface area contributed by atoms with Gasteiger partial charge in [-0.2, -0.15) is 0 Å². The number of carbonyl (C=O) groups excluding carboxylic acids is 1. The molecule has 20 heavy (non-hydrogen) atoms. The fourth-order valence-electron chi connectivity index (χ4n) is 1.48. The average Bonchev–Trinajstić information content (AvgIpc) is 2.45. The maximum Gasteiger partial charge on any atom is 0.300 e. The minimum Gasteiger partial charge on any atom is -0.384 e. The summed E-state index contributed by atoms with van der Waals surface area (Å²) in [5, 5.41) is 13.4. The second-order valence-electron chi connectivity index (χ2n) is 3.77. The molecule has 0 aliphatic rings. The molecule has 0 atom stereocenters. The summed E-state index contributed by atoms with van der Waals surface area (Å²) >= 11 is 0. The van der Waals surface area contributed by atoms with Crippen LogP contribution >= 0.6 is 0 Å². The van der Waals surface area contributed by atoms with Gasteiger partial charge in [0.2, 0.25) is 0 Å². The molecule has 2 rings (SSSR count). The number of hydrogen-bond donors (Lipinski definition) is 2. The minimum atomic E-state index is -0.688. The van der Waals surface area contributed by atoms with E-state index in [-0.39, 0.29) is 17.9 Å². The van der Waals surface area contributed by atoms with Crippen molar-refractivity contribution in [3.8, 4) is 0 Å². The van der Waals surface area contributed by atoms with Crippen LogP contribution in [0.2, 0.25) is 0 Å². The van der Waals surface area contributed by atoms with Crippen LogP contribution in [0.15, 0.2) is 30.9 Å². The van der Waals surface area contributed by atoms with Crippen LogP contribution in [0.3, 0.4) is 0 Å². The predicted molar refractivity (Wildman–Crippen MR) is 68.5 cm³/mol. The Labute approximate surface area is 113 Å². The number of rotatable bonds is 4. The van der Waals surface area contributed by atoms with Gasteiger partial charge in [0, 0.05) is 6.20 Å². The van der Waals surface area contributed by atoms with E-state index in [1.165, 1.54) is 12.5 Å². The molecule has 2 heterocycles. The Hall–Kier alpha value is -3.10. The zero-order chi connectivity index (χ0) is 14.5. The normalized spacial score (nSPS) is 10.0. The van der Waals surface area contributed by atoms with E-state index in [0.29, 0.717) is 5.69 Å². The van der Waals surface area contributed by atoms with E-state index in [4.69, 9.17) is 5.73 Å². The third-order valence-corrected chi connectivity index (χ3v) is 2.42. The van der Waals surface area contributed by atoms with E-state index in [2.05, 4.69) is 20.3 Å². The van der Waals surface area contributed by atoms with E-state index in [0.717, 1.165) is 12.3 Å². The molecule has 0 radical (unpaired) electrons. The Bertz CT molecular complexity index is 646. The summed E-state index contributed by atoms with van der Waals surface area (Å²) in [7, 11) is 0. The molecule has 0 aliphatic carbocycles. The molecule has 0 saturated heterocycles. The first-order valence-electron chi connectivity index (χ1n) is 5.51. The van der Waals surface area contributed by atoms with Crippen LogP contribution in [-0.4, -0.2) is 25.8 Å². The third-order valence-electron chi connectivity index (χ3n) is 2.42. The van der Waals surface area contributed by atoms with Gasteiger partial charge in [-0.05, 0) is 12.1 Å². The van der Waals surface area contributed by atoms with Crippen molar-refractivity contribution in [2.75, 3.05) is 5.73 Å². The Kier molecular flexibility index (Phi) is 3.80. The number of pyridine rings is 1. The van der Waals surface area contributed by atoms with Gasteiger partial charge in [-0.15, -0.1) is 0 Å². The molecule has 0 aromatic carbocycles. The number of nitrogens with one attached hydrogen (secondary N) is 1. The highest BCUT2D eigenvalue weighted by molar-refractivity contribution is 5.98. The molecule has 102 valence electrons. The fraction of sp³-hybridized carbons (Fsp3) is 0.0909. The smallest absolute Gasteiger partial charge is 0.300 e. The maximum atomic E-state index is 12.0. The highest BCUT2D eigenvalue weighted by Crippen LogP contribution is 2.18. The standard InChI is InChI=1S/C11H10N6O3/c12-10-3-8(9(5-14-10)17(19)20)11(18)15-4-7-1-2-13-6-16-7/h1-3,5-6H,4H2,(H2,12,14)(H,15,18). The molecule has 0 spiro atoms. The minimum absolute atomic E-state index is 0.0304. The third kappa shape index (κ3) is 3.02. The largest absolute Gasteiger partial charge is 0.384 e. The zero-order valence-electron chi connectivity index (χ0n) is 10.2. The lowest BCUT2D eigenvalue weighted by Gasteiger charge is -2.05. The first-order chi connectivity index (χ1) is 9.58. The van der Waals surface area contributed by atoms with Gasteiger partial charge in [0.1, 0.15) is 23.9 Å². The fourth-order valence-corrected chi connectivity index (χ4v) is 1.48. The van der Waals surface area contributed by atoms with Crippen molar-refractivity contribution in [2.45, 2.75) is 6.54 Å². The molecule has 0 bridgehead atoms. The number of nitrogens with two attached hydrogens (primary N) is 1. The lowest BCUT2D eigenvalue weighted by Crippen LogP contribution is -2.24. The molecule has 2 aromatic rings. The molecule has 3 N–H and O–H groups in total. The van der Waals surface area contributed by atoms with Crippen LogP contribution in [0.25, 0.3) is 0 Å². The number of aromatic nitrogens is 3. The zero-order valence-corrected chi connectivity index (χ0v) is 10.2. The van der Waals surface area contributed by atoms with Crippen LogP contribution in [-0.2, 0) is 6.54 Å². The molecule has 0 unspecified atom stereocenters. The van der Waals surface area contributed by atoms with Crippen molar-refractivity contribution in [3.05, 3.63) is 52.2 Å². The molecule has 2 aromatic heterocycles. The Morgan fingerprint density at radius 3 is 2.90 bits per heavy atom. The molecule has 0 saturated carbocycles. The van der Waals surface area contributed by atoms with Gasteiger partial charge in [-0.3, -0.25) is 14.9 Å². The number of nitro groups is 1. The van der Waals surface area contributed by atoms with Gasteiger partial charge in [0.15, 0.2) is 0 Å². The van der Waals surface area contributed by atoms with Crippen molar-refractivity contribution in [1.82, 2.24) is 20.3 Å². The van der Waals surface area contributed by atoms with E-state index in [9.17, 15) is 14.9 Å². The number of amides is 1. The molecule has 9 heteroatoms. The second-order valence-corrected chi connectivity index (χ2v) is 3.77. The van der Waals surface area contributed by atoms with E-state index < -0.39 is 16.5 Å². The first-order valence-corrected chi connectivity index (χ1v) is 5.51. The van der Waals surface area contributed by atoms with Crippen molar-refractivity contribution >= 4 is 17.4 Å². The summed E-state index contributed by atoms with van der Waals surface area (Å²) in [4.78, 5) is 33.4. The van der Waals surface area contributed by atoms with E-state index >= 15 is 0 Å². The van der Waals surface area contributed by atoms with Crippen molar-refractivity contribution in [1.29, 1.82) is 0 Å². The lowest BCUT2D eigenvalue weighted by molar-refractivity contribution is -0.385. The highest BCUT2D eigenvalue weighted by atomic mass is 16.6. The maximum absolute atomic E-state index is 12.0. The topological polar surface area (TPSA) is 137 Å². The van der Waals surface area contributed by atoms with Gasteiger partial charge in [0.25, 0.3) is 11.6 Å². The van der Waals surface area contributed by atoms with Crippen molar-refractivity contribution in [3.63, 3.8) is 0 Å². The van der Waals surface area contributed by atoms with Crippen LogP contribution in [0.1, 0.15) is 16.1 Å². The quantitative estimate of drug-likeness (QED) is 0.603. The molecule has 0 aliphatic heterocycles. The Morgan fingerprint density at radius 2 is 2.25 bits per heavy atom. The van der Waals surface area contributed by atoms with E-state index in [1.807, 2.05) is 0 Å².